The lowest BCUT2D eigenvalue weighted by Gasteiger charge is -2.31. The van der Waals surface area contributed by atoms with E-state index >= 15 is 0 Å². The molecule has 2 aliphatic heterocycles. The van der Waals surface area contributed by atoms with Crippen molar-refractivity contribution in [1.29, 1.82) is 0 Å². The summed E-state index contributed by atoms with van der Waals surface area (Å²) in [6.07, 6.45) is 3.39. The van der Waals surface area contributed by atoms with Gasteiger partial charge in [0.2, 0.25) is 5.91 Å². The smallest absolute Gasteiger partial charge is 0.270 e. The van der Waals surface area contributed by atoms with Crippen molar-refractivity contribution in [3.63, 3.8) is 0 Å². The quantitative estimate of drug-likeness (QED) is 0.559. The van der Waals surface area contributed by atoms with Crippen molar-refractivity contribution in [2.75, 3.05) is 38.0 Å². The number of amides is 2. The number of anilines is 1. The Morgan fingerprint density at radius 1 is 1.27 bits per heavy atom. The van der Waals surface area contributed by atoms with Crippen molar-refractivity contribution in [2.24, 2.45) is 0 Å². The van der Waals surface area contributed by atoms with Crippen LogP contribution in [0.2, 0.25) is 0 Å². The lowest BCUT2D eigenvalue weighted by atomic mass is 10.0. The van der Waals surface area contributed by atoms with Gasteiger partial charge in [-0.3, -0.25) is 14.5 Å². The predicted octanol–water partition coefficient (Wildman–Crippen LogP) is 1.42. The van der Waals surface area contributed by atoms with Crippen LogP contribution in [0.25, 0.3) is 0 Å². The Balaban J connectivity index is 1.23. The van der Waals surface area contributed by atoms with E-state index in [4.69, 9.17) is 0 Å². The standard InChI is InChI=1S/C23H32N6O3S/c1-15-13-33-21-12-28(6-5-19(15)21)11-18(31)10-24-23(32)20-9-22(26-14-25-20)27-17-3-7-29(8-4-17)16(2)30/h9,13-14,17-18,31H,3-8,10-12H2,1-2H3,(H,24,32)(H,25,26,27). The Kier molecular flexibility index (Phi) is 7.56. The fourth-order valence-electron chi connectivity index (χ4n) is 4.47. The molecule has 0 aromatic carbocycles. The molecule has 9 nitrogen and oxygen atoms in total. The first-order valence-electron chi connectivity index (χ1n) is 11.5. The zero-order valence-corrected chi connectivity index (χ0v) is 20.0. The largest absolute Gasteiger partial charge is 0.390 e. The van der Waals surface area contributed by atoms with E-state index in [-0.39, 0.29) is 30.1 Å². The van der Waals surface area contributed by atoms with Crippen molar-refractivity contribution in [3.05, 3.63) is 39.5 Å². The first kappa shape index (κ1) is 23.6. The number of hydrogen-bond acceptors (Lipinski definition) is 8. The second-order valence-corrected chi connectivity index (χ2v) is 9.85. The zero-order chi connectivity index (χ0) is 23.4. The summed E-state index contributed by atoms with van der Waals surface area (Å²) in [5.41, 5.74) is 3.08. The molecule has 33 heavy (non-hydrogen) atoms. The zero-order valence-electron chi connectivity index (χ0n) is 19.2. The molecule has 0 radical (unpaired) electrons. The summed E-state index contributed by atoms with van der Waals surface area (Å²) in [5, 5.41) is 18.8. The van der Waals surface area contributed by atoms with Crippen LogP contribution in [-0.2, 0) is 17.8 Å². The third kappa shape index (κ3) is 6.07. The van der Waals surface area contributed by atoms with Gasteiger partial charge in [0.05, 0.1) is 6.10 Å². The number of carbonyl (C=O) groups is 2. The number of nitrogens with one attached hydrogen (secondary N) is 2. The number of fused-ring (bicyclic) bond motifs is 1. The third-order valence-electron chi connectivity index (χ3n) is 6.40. The number of piperidine rings is 1. The molecular weight excluding hydrogens is 440 g/mol. The van der Waals surface area contributed by atoms with Gasteiger partial charge in [-0.15, -0.1) is 11.3 Å². The molecule has 4 heterocycles. The lowest BCUT2D eigenvalue weighted by Crippen LogP contribution is -2.42. The highest BCUT2D eigenvalue weighted by molar-refractivity contribution is 7.10. The van der Waals surface area contributed by atoms with Gasteiger partial charge in [-0.2, -0.15) is 0 Å². The van der Waals surface area contributed by atoms with Gasteiger partial charge in [-0.05, 0) is 42.7 Å². The first-order valence-corrected chi connectivity index (χ1v) is 12.4. The molecule has 2 aromatic rings. The molecule has 2 aromatic heterocycles. The molecule has 10 heteroatoms. The van der Waals surface area contributed by atoms with Crippen LogP contribution in [0.1, 0.15) is 46.3 Å². The molecule has 0 spiro atoms. The third-order valence-corrected chi connectivity index (χ3v) is 7.53. The van der Waals surface area contributed by atoms with Gasteiger partial charge >= 0.3 is 0 Å². The molecule has 1 atom stereocenters. The van der Waals surface area contributed by atoms with Crippen molar-refractivity contribution in [2.45, 2.75) is 51.8 Å². The lowest BCUT2D eigenvalue weighted by molar-refractivity contribution is -0.129. The Labute approximate surface area is 198 Å². The molecule has 3 N–H and O–H groups in total. The minimum atomic E-state index is -0.651. The van der Waals surface area contributed by atoms with Crippen molar-refractivity contribution in [3.8, 4) is 0 Å². The minimum Gasteiger partial charge on any atom is -0.390 e. The number of aromatic nitrogens is 2. The van der Waals surface area contributed by atoms with Crippen LogP contribution in [0.3, 0.4) is 0 Å². The average molecular weight is 473 g/mol. The molecule has 1 saturated heterocycles. The number of aryl methyl sites for hydroxylation is 1. The molecule has 1 fully saturated rings. The van der Waals surface area contributed by atoms with Gasteiger partial charge < -0.3 is 20.6 Å². The number of hydrogen-bond donors (Lipinski definition) is 3. The fourth-order valence-corrected chi connectivity index (χ4v) is 5.59. The van der Waals surface area contributed by atoms with Crippen LogP contribution in [0, 0.1) is 6.92 Å². The maximum Gasteiger partial charge on any atom is 0.270 e. The number of thiophene rings is 1. The second kappa shape index (κ2) is 10.6. The average Bonchev–Trinajstić information content (AvgIpc) is 3.18. The maximum absolute atomic E-state index is 12.6. The van der Waals surface area contributed by atoms with Crippen LogP contribution in [0.15, 0.2) is 17.8 Å². The van der Waals surface area contributed by atoms with Crippen LogP contribution in [0.5, 0.6) is 0 Å². The van der Waals surface area contributed by atoms with Crippen molar-refractivity contribution >= 4 is 29.0 Å². The molecule has 0 saturated carbocycles. The summed E-state index contributed by atoms with van der Waals surface area (Å²) in [4.78, 5) is 37.8. The molecule has 0 aliphatic carbocycles. The molecule has 1 unspecified atom stereocenters. The highest BCUT2D eigenvalue weighted by atomic mass is 32.1. The second-order valence-electron chi connectivity index (χ2n) is 8.88. The van der Waals surface area contributed by atoms with E-state index in [0.717, 1.165) is 32.4 Å². The number of β-amino-alcohol motifs (C(OH)–C–C–N with tert-alkyl or cyclic N) is 1. The van der Waals surface area contributed by atoms with Crippen LogP contribution < -0.4 is 10.6 Å². The highest BCUT2D eigenvalue weighted by Gasteiger charge is 2.23. The Morgan fingerprint density at radius 2 is 2.06 bits per heavy atom. The number of carbonyl (C=O) groups excluding carboxylic acids is 2. The van der Waals surface area contributed by atoms with Gasteiger partial charge in [-0.25, -0.2) is 9.97 Å². The summed E-state index contributed by atoms with van der Waals surface area (Å²) in [5.74, 6) is 0.358. The van der Waals surface area contributed by atoms with E-state index in [1.54, 1.807) is 24.3 Å². The van der Waals surface area contributed by atoms with Crippen molar-refractivity contribution in [1.82, 2.24) is 25.1 Å². The van der Waals surface area contributed by atoms with E-state index in [9.17, 15) is 14.7 Å². The monoisotopic (exact) mass is 472 g/mol. The van der Waals surface area contributed by atoms with Crippen molar-refractivity contribution < 1.29 is 14.7 Å². The van der Waals surface area contributed by atoms with Crippen LogP contribution >= 0.6 is 11.3 Å². The molecule has 2 amide bonds. The summed E-state index contributed by atoms with van der Waals surface area (Å²) in [6, 6.07) is 1.83. The highest BCUT2D eigenvalue weighted by Crippen LogP contribution is 2.28. The Hall–Kier alpha value is -2.56. The van der Waals surface area contributed by atoms with Gasteiger partial charge in [-0.1, -0.05) is 0 Å². The maximum atomic E-state index is 12.6. The Morgan fingerprint density at radius 3 is 2.82 bits per heavy atom. The SMILES string of the molecule is CC(=O)N1CCC(Nc2cc(C(=O)NCC(O)CN3CCc4c(C)csc4C3)ncn2)CC1. The van der Waals surface area contributed by atoms with E-state index in [1.807, 2.05) is 4.90 Å². The topological polar surface area (TPSA) is 111 Å². The molecular formula is C23H32N6O3S. The minimum absolute atomic E-state index is 0.100. The number of aliphatic hydroxyl groups is 1. The predicted molar refractivity (Wildman–Crippen MR) is 127 cm³/mol. The van der Waals surface area contributed by atoms with E-state index < -0.39 is 6.10 Å². The fraction of sp³-hybridized carbons (Fsp3) is 0.565. The summed E-state index contributed by atoms with van der Waals surface area (Å²) in [6.45, 7) is 7.64. The molecule has 2 aliphatic rings. The van der Waals surface area contributed by atoms with Gasteiger partial charge in [0.15, 0.2) is 0 Å². The van der Waals surface area contributed by atoms with Gasteiger partial charge in [0.1, 0.15) is 17.8 Å². The van der Waals surface area contributed by atoms with Gasteiger partial charge in [0.25, 0.3) is 5.91 Å². The summed E-state index contributed by atoms with van der Waals surface area (Å²) >= 11 is 1.78. The normalized spacial score (nSPS) is 18.0. The number of aliphatic hydroxyl groups excluding tert-OH is 1. The molecule has 178 valence electrons. The number of rotatable bonds is 7. The summed E-state index contributed by atoms with van der Waals surface area (Å²) < 4.78 is 0. The van der Waals surface area contributed by atoms with Crippen LogP contribution in [-0.4, -0.2) is 81.6 Å². The van der Waals surface area contributed by atoms with E-state index in [2.05, 4.69) is 37.8 Å². The molecule has 0 bridgehead atoms. The number of nitrogens with zero attached hydrogens (tertiary/aromatic N) is 4. The van der Waals surface area contributed by atoms with E-state index in [0.29, 0.717) is 25.5 Å². The number of likely N-dealkylation sites (tertiary alicyclic amines) is 1. The van der Waals surface area contributed by atoms with E-state index in [1.165, 1.54) is 22.3 Å². The summed E-state index contributed by atoms with van der Waals surface area (Å²) in [7, 11) is 0. The molecule has 4 rings (SSSR count). The Bertz CT molecular complexity index is 988. The van der Waals surface area contributed by atoms with Crippen LogP contribution in [0.4, 0.5) is 5.82 Å². The van der Waals surface area contributed by atoms with Gasteiger partial charge in [0, 0.05) is 63.2 Å². The first-order chi connectivity index (χ1) is 15.9.